The molecule has 0 aromatic heterocycles. The smallest absolute Gasteiger partial charge is 0.324 e. The van der Waals surface area contributed by atoms with E-state index in [1.807, 2.05) is 0 Å². The van der Waals surface area contributed by atoms with Gasteiger partial charge in [0, 0.05) is 12.5 Å². The summed E-state index contributed by atoms with van der Waals surface area (Å²) in [6.45, 7) is 0. The van der Waals surface area contributed by atoms with Crippen LogP contribution in [0.4, 0.5) is 17.6 Å². The zero-order valence-corrected chi connectivity index (χ0v) is 7.89. The summed E-state index contributed by atoms with van der Waals surface area (Å²) in [5.41, 5.74) is 6.04. The molecule has 0 saturated carbocycles. The number of alkyl halides is 3. The van der Waals surface area contributed by atoms with Crippen LogP contribution in [0.5, 0.6) is 0 Å². The van der Waals surface area contributed by atoms with Gasteiger partial charge in [-0.3, -0.25) is 0 Å². The molecule has 15 heavy (non-hydrogen) atoms. The second kappa shape index (κ2) is 4.61. The lowest BCUT2D eigenvalue weighted by Crippen LogP contribution is -2.15. The molecule has 0 fully saturated rings. The fourth-order valence-corrected chi connectivity index (χ4v) is 1.20. The van der Waals surface area contributed by atoms with Crippen LogP contribution in [0.2, 0.25) is 0 Å². The highest BCUT2D eigenvalue weighted by Gasteiger charge is 2.27. The number of halogens is 4. The lowest BCUT2D eigenvalue weighted by molar-refractivity contribution is -0.136. The molecule has 2 N–H and O–H groups in total. The van der Waals surface area contributed by atoms with Crippen LogP contribution in [0, 0.1) is 5.82 Å². The Hall–Kier alpha value is -1.10. The van der Waals surface area contributed by atoms with Crippen LogP contribution in [-0.4, -0.2) is 6.18 Å². The third kappa shape index (κ3) is 4.29. The van der Waals surface area contributed by atoms with E-state index in [0.717, 1.165) is 0 Å². The van der Waals surface area contributed by atoms with Crippen LogP contribution in [0.3, 0.4) is 0 Å². The summed E-state index contributed by atoms with van der Waals surface area (Å²) < 4.78 is 48.1. The topological polar surface area (TPSA) is 26.0 Å². The van der Waals surface area contributed by atoms with Gasteiger partial charge in [0.05, 0.1) is 0 Å². The highest BCUT2D eigenvalue weighted by molar-refractivity contribution is 5.19. The van der Waals surface area contributed by atoms with Crippen molar-refractivity contribution in [3.05, 3.63) is 35.6 Å². The second-order valence-corrected chi connectivity index (χ2v) is 3.31. The van der Waals surface area contributed by atoms with Gasteiger partial charge in [-0.05, 0) is 24.1 Å². The van der Waals surface area contributed by atoms with Crippen LogP contribution in [0.15, 0.2) is 24.3 Å². The van der Waals surface area contributed by atoms with E-state index >= 15 is 0 Å². The fourth-order valence-electron chi connectivity index (χ4n) is 1.20. The molecule has 0 heterocycles. The van der Waals surface area contributed by atoms with Crippen molar-refractivity contribution in [3.8, 4) is 0 Å². The molecule has 5 heteroatoms. The van der Waals surface area contributed by atoms with Gasteiger partial charge in [-0.2, -0.15) is 13.2 Å². The van der Waals surface area contributed by atoms with Crippen molar-refractivity contribution in [2.24, 2.45) is 5.73 Å². The van der Waals surface area contributed by atoms with Gasteiger partial charge in [0.25, 0.3) is 0 Å². The summed E-state index contributed by atoms with van der Waals surface area (Å²) in [5, 5.41) is 0. The van der Waals surface area contributed by atoms with E-state index < -0.39 is 24.5 Å². The number of hydrogen-bond acceptors (Lipinski definition) is 1. The predicted molar refractivity (Wildman–Crippen MR) is 48.6 cm³/mol. The van der Waals surface area contributed by atoms with E-state index in [9.17, 15) is 17.6 Å². The molecule has 0 radical (unpaired) electrons. The minimum atomic E-state index is -4.20. The first-order valence-electron chi connectivity index (χ1n) is 4.46. The molecule has 1 nitrogen and oxygen atoms in total. The van der Waals surface area contributed by atoms with Gasteiger partial charge in [-0.15, -0.1) is 0 Å². The Morgan fingerprint density at radius 3 is 2.13 bits per heavy atom. The first kappa shape index (κ1) is 12.0. The van der Waals surface area contributed by atoms with Crippen molar-refractivity contribution in [2.45, 2.75) is 25.1 Å². The van der Waals surface area contributed by atoms with E-state index in [2.05, 4.69) is 0 Å². The molecule has 0 amide bonds. The van der Waals surface area contributed by atoms with Crippen molar-refractivity contribution in [1.29, 1.82) is 0 Å². The van der Waals surface area contributed by atoms with Crippen LogP contribution in [0.1, 0.15) is 24.4 Å². The van der Waals surface area contributed by atoms with Crippen LogP contribution < -0.4 is 5.73 Å². The highest BCUT2D eigenvalue weighted by atomic mass is 19.4. The molecule has 1 aromatic carbocycles. The quantitative estimate of drug-likeness (QED) is 0.779. The molecule has 0 saturated heterocycles. The molecule has 0 aliphatic heterocycles. The molecule has 1 atom stereocenters. The second-order valence-electron chi connectivity index (χ2n) is 3.31. The lowest BCUT2D eigenvalue weighted by Gasteiger charge is -2.13. The van der Waals surface area contributed by atoms with Gasteiger partial charge in [0.1, 0.15) is 5.82 Å². The molecule has 0 aliphatic rings. The molecule has 0 bridgehead atoms. The van der Waals surface area contributed by atoms with E-state index in [1.54, 1.807) is 0 Å². The van der Waals surface area contributed by atoms with Gasteiger partial charge in [0.2, 0.25) is 0 Å². The molecular formula is C10H11F4N. The Bertz CT molecular complexity index is 304. The van der Waals surface area contributed by atoms with Gasteiger partial charge < -0.3 is 5.73 Å². The average molecular weight is 221 g/mol. The summed E-state index contributed by atoms with van der Waals surface area (Å²) >= 11 is 0. The summed E-state index contributed by atoms with van der Waals surface area (Å²) in [6.07, 6.45) is -5.31. The first-order valence-corrected chi connectivity index (χ1v) is 4.46. The normalized spacial score (nSPS) is 13.9. The van der Waals surface area contributed by atoms with E-state index in [1.165, 1.54) is 24.3 Å². The molecule has 0 spiro atoms. The van der Waals surface area contributed by atoms with Crippen molar-refractivity contribution < 1.29 is 17.6 Å². The fraction of sp³-hybridized carbons (Fsp3) is 0.400. The summed E-state index contributed by atoms with van der Waals surface area (Å²) in [7, 11) is 0. The largest absolute Gasteiger partial charge is 0.389 e. The highest BCUT2D eigenvalue weighted by Crippen LogP contribution is 2.26. The maximum atomic E-state index is 12.5. The molecule has 84 valence electrons. The molecule has 1 aromatic rings. The Balaban J connectivity index is 2.54. The average Bonchev–Trinajstić information content (AvgIpc) is 2.14. The monoisotopic (exact) mass is 221 g/mol. The van der Waals surface area contributed by atoms with Crippen molar-refractivity contribution in [3.63, 3.8) is 0 Å². The molecule has 1 rings (SSSR count). The van der Waals surface area contributed by atoms with E-state index in [4.69, 9.17) is 5.73 Å². The van der Waals surface area contributed by atoms with Gasteiger partial charge >= 0.3 is 6.18 Å². The maximum Gasteiger partial charge on any atom is 0.389 e. The number of rotatable bonds is 3. The number of nitrogens with two attached hydrogens (primary N) is 1. The standard InChI is InChI=1S/C10H11F4N/c11-8-3-1-7(2-4-8)9(15)5-6-10(12,13)14/h1-4,9H,5-6,15H2/t9-/m1/s1. The summed E-state index contributed by atoms with van der Waals surface area (Å²) in [5.74, 6) is -0.429. The summed E-state index contributed by atoms with van der Waals surface area (Å²) in [6, 6.07) is 4.46. The number of hydrogen-bond donors (Lipinski definition) is 1. The van der Waals surface area contributed by atoms with Crippen molar-refractivity contribution >= 4 is 0 Å². The Morgan fingerprint density at radius 1 is 1.13 bits per heavy atom. The van der Waals surface area contributed by atoms with Crippen LogP contribution in [0.25, 0.3) is 0 Å². The van der Waals surface area contributed by atoms with E-state index in [-0.39, 0.29) is 6.42 Å². The minimum Gasteiger partial charge on any atom is -0.324 e. The first-order chi connectivity index (χ1) is 6.88. The predicted octanol–water partition coefficient (Wildman–Crippen LogP) is 3.17. The lowest BCUT2D eigenvalue weighted by atomic mass is 10.0. The number of benzene rings is 1. The van der Waals surface area contributed by atoms with Gasteiger partial charge in [-0.1, -0.05) is 12.1 Å². The third-order valence-electron chi connectivity index (χ3n) is 2.04. The summed E-state index contributed by atoms with van der Waals surface area (Å²) in [4.78, 5) is 0. The van der Waals surface area contributed by atoms with Crippen LogP contribution >= 0.6 is 0 Å². The third-order valence-corrected chi connectivity index (χ3v) is 2.04. The Labute approximate surface area is 84.9 Å². The molecule has 0 aliphatic carbocycles. The van der Waals surface area contributed by atoms with E-state index in [0.29, 0.717) is 5.56 Å². The van der Waals surface area contributed by atoms with Gasteiger partial charge in [0.15, 0.2) is 0 Å². The minimum absolute atomic E-state index is 0.185. The SMILES string of the molecule is N[C@H](CCC(F)(F)F)c1ccc(F)cc1. The van der Waals surface area contributed by atoms with Gasteiger partial charge in [-0.25, -0.2) is 4.39 Å². The van der Waals surface area contributed by atoms with Crippen molar-refractivity contribution in [1.82, 2.24) is 0 Å². The maximum absolute atomic E-state index is 12.5. The van der Waals surface area contributed by atoms with Crippen molar-refractivity contribution in [2.75, 3.05) is 0 Å². The van der Waals surface area contributed by atoms with Crippen LogP contribution in [-0.2, 0) is 0 Å². The Kier molecular flexibility index (Phi) is 3.68. The molecule has 0 unspecified atom stereocenters. The Morgan fingerprint density at radius 2 is 1.67 bits per heavy atom. The zero-order chi connectivity index (χ0) is 11.5. The zero-order valence-electron chi connectivity index (χ0n) is 7.89. The molecular weight excluding hydrogens is 210 g/mol.